The number of carbonyl (C=O) groups excluding carboxylic acids is 2. The molecule has 0 bridgehead atoms. The van der Waals surface area contributed by atoms with E-state index in [2.05, 4.69) is 13.8 Å². The number of hydrogen-bond donors (Lipinski definition) is 0. The normalized spacial score (nSPS) is 12.5. The molecule has 1 aliphatic rings. The van der Waals surface area contributed by atoms with Gasteiger partial charge in [0.25, 0.3) is 5.91 Å². The van der Waals surface area contributed by atoms with E-state index < -0.39 is 5.97 Å². The number of fused-ring (bicyclic) bond motifs is 1. The van der Waals surface area contributed by atoms with Gasteiger partial charge in [0.2, 0.25) is 0 Å². The molecule has 0 aliphatic carbocycles. The number of carbonyl (C=O) groups is 2. The summed E-state index contributed by atoms with van der Waals surface area (Å²) in [5, 5.41) is 0. The van der Waals surface area contributed by atoms with Crippen LogP contribution in [0.1, 0.15) is 117 Å². The van der Waals surface area contributed by atoms with Crippen LogP contribution in [0.15, 0.2) is 66.7 Å². The summed E-state index contributed by atoms with van der Waals surface area (Å²) in [6.45, 7) is 5.76. The van der Waals surface area contributed by atoms with Crippen molar-refractivity contribution in [3.8, 4) is 22.6 Å². The Kier molecular flexibility index (Phi) is 12.8. The number of hydrogen-bond acceptors (Lipinski definition) is 5. The Balaban J connectivity index is 1.25. The number of rotatable bonds is 18. The van der Waals surface area contributed by atoms with E-state index in [4.69, 9.17) is 21.7 Å². The van der Waals surface area contributed by atoms with Gasteiger partial charge in [-0.2, -0.15) is 0 Å². The van der Waals surface area contributed by atoms with Crippen molar-refractivity contribution in [3.05, 3.63) is 83.4 Å². The largest absolute Gasteiger partial charge is 0.494 e. The first kappa shape index (κ1) is 32.4. The second-order valence-corrected chi connectivity index (χ2v) is 11.7. The van der Waals surface area contributed by atoms with E-state index in [0.29, 0.717) is 34.0 Å². The van der Waals surface area contributed by atoms with Crippen molar-refractivity contribution < 1.29 is 19.1 Å². The van der Waals surface area contributed by atoms with Crippen LogP contribution in [-0.2, 0) is 0 Å². The topological polar surface area (TPSA) is 55.8 Å². The second-order valence-electron chi connectivity index (χ2n) is 11.3. The molecule has 5 nitrogen and oxygen atoms in total. The van der Waals surface area contributed by atoms with Gasteiger partial charge < -0.3 is 9.47 Å². The van der Waals surface area contributed by atoms with Crippen molar-refractivity contribution in [2.75, 3.05) is 13.2 Å². The maximum atomic E-state index is 12.9. The Morgan fingerprint density at radius 2 is 1.23 bits per heavy atom. The van der Waals surface area contributed by atoms with Gasteiger partial charge in [-0.25, -0.2) is 4.79 Å². The molecule has 0 spiro atoms. The summed E-state index contributed by atoms with van der Waals surface area (Å²) in [5.41, 5.74) is 3.63. The monoisotopic (exact) mass is 599 g/mol. The minimum Gasteiger partial charge on any atom is -0.494 e. The number of unbranched alkanes of at least 4 members (excludes halogenated alkanes) is 10. The molecule has 3 aromatic rings. The minimum atomic E-state index is -0.481. The lowest BCUT2D eigenvalue weighted by molar-refractivity contribution is 0.0733. The zero-order chi connectivity index (χ0) is 30.4. The van der Waals surface area contributed by atoms with Crippen LogP contribution in [0.4, 0.5) is 0 Å². The molecule has 1 amide bonds. The molecule has 0 atom stereocenters. The molecule has 0 radical (unpaired) electrons. The van der Waals surface area contributed by atoms with E-state index >= 15 is 0 Å². The lowest BCUT2D eigenvalue weighted by Gasteiger charge is -2.15. The van der Waals surface area contributed by atoms with Gasteiger partial charge in [0.1, 0.15) is 16.5 Å². The molecule has 4 rings (SSSR count). The summed E-state index contributed by atoms with van der Waals surface area (Å²) in [6.07, 6.45) is 14.5. The minimum absolute atomic E-state index is 0.0879. The zero-order valence-electron chi connectivity index (χ0n) is 25.7. The van der Waals surface area contributed by atoms with Crippen LogP contribution >= 0.6 is 12.2 Å². The predicted molar refractivity (Wildman–Crippen MR) is 178 cm³/mol. The van der Waals surface area contributed by atoms with Crippen LogP contribution in [0.2, 0.25) is 0 Å². The molecule has 43 heavy (non-hydrogen) atoms. The number of nitrogens with zero attached hydrogens (tertiary/aromatic N) is 1. The zero-order valence-corrected chi connectivity index (χ0v) is 26.6. The summed E-state index contributed by atoms with van der Waals surface area (Å²) < 4.78 is 11.6. The third-order valence-electron chi connectivity index (χ3n) is 7.96. The Morgan fingerprint density at radius 1 is 0.674 bits per heavy atom. The lowest BCUT2D eigenvalue weighted by atomic mass is 10.1. The second kappa shape index (κ2) is 17.0. The Hall–Kier alpha value is -3.51. The Morgan fingerprint density at radius 3 is 1.86 bits per heavy atom. The van der Waals surface area contributed by atoms with Crippen LogP contribution in [0.25, 0.3) is 11.1 Å². The van der Waals surface area contributed by atoms with Crippen LogP contribution in [0.3, 0.4) is 0 Å². The van der Waals surface area contributed by atoms with Crippen LogP contribution in [0, 0.1) is 0 Å². The van der Waals surface area contributed by atoms with Crippen molar-refractivity contribution in [2.24, 2.45) is 0 Å². The van der Waals surface area contributed by atoms with Gasteiger partial charge in [0.05, 0.1) is 17.7 Å². The molecule has 0 aromatic heterocycles. The van der Waals surface area contributed by atoms with Gasteiger partial charge in [0, 0.05) is 12.1 Å². The van der Waals surface area contributed by atoms with Crippen molar-refractivity contribution >= 4 is 29.1 Å². The lowest BCUT2D eigenvalue weighted by Crippen LogP contribution is -2.30. The molecular weight excluding hydrogens is 554 g/mol. The van der Waals surface area contributed by atoms with E-state index in [1.807, 2.05) is 36.4 Å². The number of amides is 1. The molecule has 0 saturated carbocycles. The fourth-order valence-corrected chi connectivity index (χ4v) is 5.71. The maximum absolute atomic E-state index is 12.9. The van der Waals surface area contributed by atoms with Gasteiger partial charge in [0.15, 0.2) is 0 Å². The molecule has 1 heterocycles. The van der Waals surface area contributed by atoms with E-state index in [0.717, 1.165) is 55.6 Å². The number of benzene rings is 3. The first-order valence-corrected chi connectivity index (χ1v) is 16.5. The van der Waals surface area contributed by atoms with Gasteiger partial charge in [-0.15, -0.1) is 0 Å². The first-order chi connectivity index (χ1) is 21.0. The van der Waals surface area contributed by atoms with Crippen LogP contribution in [0.5, 0.6) is 11.5 Å². The van der Waals surface area contributed by atoms with Crippen molar-refractivity contribution in [2.45, 2.75) is 90.9 Å². The molecule has 1 aliphatic heterocycles. The summed E-state index contributed by atoms with van der Waals surface area (Å²) in [5.74, 6) is 0.767. The molecule has 3 aromatic carbocycles. The average Bonchev–Trinajstić information content (AvgIpc) is 3.27. The van der Waals surface area contributed by atoms with Gasteiger partial charge in [-0.1, -0.05) is 115 Å². The third kappa shape index (κ3) is 9.24. The Labute approximate surface area is 262 Å². The predicted octanol–water partition coefficient (Wildman–Crippen LogP) is 9.80. The quantitative estimate of drug-likeness (QED) is 0.0630. The van der Waals surface area contributed by atoms with E-state index in [1.54, 1.807) is 35.2 Å². The number of thiocarbonyl (C=S) groups is 1. The summed E-state index contributed by atoms with van der Waals surface area (Å²) in [6, 6.07) is 20.5. The SMILES string of the molecule is CCCCCCCCCCOc1ccc(-c2ccc(OC(=O)c3ccc4c(c3)C(=S)N(CCCCCC)C4=O)cc2)cc1. The van der Waals surface area contributed by atoms with Crippen LogP contribution in [-0.4, -0.2) is 34.9 Å². The van der Waals surface area contributed by atoms with E-state index in [1.165, 1.54) is 44.9 Å². The highest BCUT2D eigenvalue weighted by atomic mass is 32.1. The fourth-order valence-electron chi connectivity index (χ4n) is 5.37. The third-order valence-corrected chi connectivity index (χ3v) is 8.40. The maximum Gasteiger partial charge on any atom is 0.343 e. The molecule has 228 valence electrons. The molecule has 0 saturated heterocycles. The van der Waals surface area contributed by atoms with Gasteiger partial charge in [-0.05, 0) is 66.4 Å². The molecule has 6 heteroatoms. The standard InChI is InChI=1S/C37H45NO4S/c1-3-5-7-9-10-11-12-14-26-41-31-20-15-28(16-21-31)29-17-22-32(23-18-29)42-37(40)30-19-24-33-34(27-30)36(43)38(35(33)39)25-13-8-6-4-2/h15-24,27H,3-14,25-26H2,1-2H3. The smallest absolute Gasteiger partial charge is 0.343 e. The highest BCUT2D eigenvalue weighted by Crippen LogP contribution is 2.28. The van der Waals surface area contributed by atoms with Crippen molar-refractivity contribution in [3.63, 3.8) is 0 Å². The van der Waals surface area contributed by atoms with E-state index in [-0.39, 0.29) is 5.91 Å². The number of esters is 1. The highest BCUT2D eigenvalue weighted by Gasteiger charge is 2.32. The molecule has 0 N–H and O–H groups in total. The highest BCUT2D eigenvalue weighted by molar-refractivity contribution is 7.80. The first-order valence-electron chi connectivity index (χ1n) is 16.1. The number of ether oxygens (including phenoxy) is 2. The summed E-state index contributed by atoms with van der Waals surface area (Å²) in [4.78, 5) is 27.9. The van der Waals surface area contributed by atoms with E-state index in [9.17, 15) is 9.59 Å². The summed E-state index contributed by atoms with van der Waals surface area (Å²) >= 11 is 5.59. The van der Waals surface area contributed by atoms with Crippen LogP contribution < -0.4 is 9.47 Å². The van der Waals surface area contributed by atoms with Gasteiger partial charge >= 0.3 is 5.97 Å². The average molecular weight is 600 g/mol. The van der Waals surface area contributed by atoms with Crippen molar-refractivity contribution in [1.82, 2.24) is 4.90 Å². The van der Waals surface area contributed by atoms with Crippen molar-refractivity contribution in [1.29, 1.82) is 0 Å². The summed E-state index contributed by atoms with van der Waals surface area (Å²) in [7, 11) is 0. The molecule has 0 fully saturated rings. The van der Waals surface area contributed by atoms with Gasteiger partial charge in [-0.3, -0.25) is 9.69 Å². The fraction of sp³-hybridized carbons (Fsp3) is 0.432. The Bertz CT molecular complexity index is 1350. The molecular formula is C37H45NO4S. The molecule has 0 unspecified atom stereocenters.